The Kier molecular flexibility index (Phi) is 1.64. The van der Waals surface area contributed by atoms with Gasteiger partial charge in [-0.05, 0) is 17.5 Å². The number of benzene rings is 1. The second-order valence-corrected chi connectivity index (χ2v) is 2.74. The largest absolute Gasteiger partial charge is 0.359 e. The van der Waals surface area contributed by atoms with Gasteiger partial charge in [-0.3, -0.25) is 0 Å². The molecule has 2 heteroatoms. The van der Waals surface area contributed by atoms with Gasteiger partial charge in [-0.25, -0.2) is 0 Å². The van der Waals surface area contributed by atoms with E-state index < -0.39 is 0 Å². The van der Waals surface area contributed by atoms with Crippen LogP contribution < -0.4 is 5.73 Å². The molecule has 0 fully saturated rings. The van der Waals surface area contributed by atoms with Gasteiger partial charge >= 0.3 is 0 Å². The lowest BCUT2D eigenvalue weighted by molar-refractivity contribution is 0.0470. The molecule has 1 unspecified atom stereocenters. The van der Waals surface area contributed by atoms with Crippen molar-refractivity contribution in [1.82, 2.24) is 0 Å². The van der Waals surface area contributed by atoms with Gasteiger partial charge in [0.2, 0.25) is 0 Å². The molecule has 0 spiro atoms. The van der Waals surface area contributed by atoms with Crippen molar-refractivity contribution in [3.8, 4) is 0 Å². The van der Waals surface area contributed by atoms with Crippen LogP contribution in [0.25, 0.3) is 0 Å². The fraction of sp³-hybridized carbons (Fsp3) is 0.333. The standard InChI is InChI=1S/C9H11NO/c10-9-8-4-2-1-3-7(8)5-6-11-9/h1-4,9H,5-6,10H2. The Hall–Kier alpha value is -0.860. The Morgan fingerprint density at radius 3 is 3.00 bits per heavy atom. The molecule has 2 nitrogen and oxygen atoms in total. The van der Waals surface area contributed by atoms with Gasteiger partial charge in [-0.1, -0.05) is 24.3 Å². The van der Waals surface area contributed by atoms with E-state index in [0.29, 0.717) is 0 Å². The number of hydrogen-bond acceptors (Lipinski definition) is 2. The van der Waals surface area contributed by atoms with Crippen molar-refractivity contribution in [2.75, 3.05) is 6.61 Å². The number of nitrogens with two attached hydrogens (primary N) is 1. The van der Waals surface area contributed by atoms with Crippen LogP contribution in [0.15, 0.2) is 24.3 Å². The van der Waals surface area contributed by atoms with E-state index >= 15 is 0 Å². The fourth-order valence-electron chi connectivity index (χ4n) is 1.43. The van der Waals surface area contributed by atoms with Crippen LogP contribution in [0.2, 0.25) is 0 Å². The number of ether oxygens (including phenoxy) is 1. The molecule has 2 N–H and O–H groups in total. The number of rotatable bonds is 0. The van der Waals surface area contributed by atoms with Crippen molar-refractivity contribution in [3.05, 3.63) is 35.4 Å². The van der Waals surface area contributed by atoms with Gasteiger partial charge in [0.1, 0.15) is 6.23 Å². The van der Waals surface area contributed by atoms with Crippen LogP contribution >= 0.6 is 0 Å². The lowest BCUT2D eigenvalue weighted by atomic mass is 10.0. The van der Waals surface area contributed by atoms with E-state index in [1.807, 2.05) is 18.2 Å². The summed E-state index contributed by atoms with van der Waals surface area (Å²) in [5, 5.41) is 0. The third-order valence-corrected chi connectivity index (χ3v) is 2.03. The Morgan fingerprint density at radius 2 is 2.18 bits per heavy atom. The van der Waals surface area contributed by atoms with Crippen LogP contribution in [0.4, 0.5) is 0 Å². The van der Waals surface area contributed by atoms with Crippen LogP contribution in [0.5, 0.6) is 0 Å². The summed E-state index contributed by atoms with van der Waals surface area (Å²) in [5.41, 5.74) is 8.19. The lowest BCUT2D eigenvalue weighted by Gasteiger charge is -2.22. The Balaban J connectivity index is 2.44. The predicted octanol–water partition coefficient (Wildman–Crippen LogP) is 1.22. The summed E-state index contributed by atoms with van der Waals surface area (Å²) in [6, 6.07) is 8.17. The van der Waals surface area contributed by atoms with Crippen LogP contribution in [0, 0.1) is 0 Å². The summed E-state index contributed by atoms with van der Waals surface area (Å²) in [4.78, 5) is 0. The van der Waals surface area contributed by atoms with E-state index in [9.17, 15) is 0 Å². The molecule has 0 aromatic heterocycles. The van der Waals surface area contributed by atoms with Crippen molar-refractivity contribution < 1.29 is 4.74 Å². The summed E-state index contributed by atoms with van der Waals surface area (Å²) in [6.45, 7) is 0.748. The van der Waals surface area contributed by atoms with Crippen molar-refractivity contribution in [2.45, 2.75) is 12.6 Å². The van der Waals surface area contributed by atoms with Crippen molar-refractivity contribution in [3.63, 3.8) is 0 Å². The highest BCUT2D eigenvalue weighted by Crippen LogP contribution is 2.22. The molecule has 1 aliphatic heterocycles. The van der Waals surface area contributed by atoms with Gasteiger partial charge in [-0.2, -0.15) is 0 Å². The molecule has 1 aromatic rings. The van der Waals surface area contributed by atoms with E-state index in [2.05, 4.69) is 6.07 Å². The van der Waals surface area contributed by atoms with Crippen LogP contribution in [0.1, 0.15) is 17.4 Å². The predicted molar refractivity (Wildman–Crippen MR) is 43.0 cm³/mol. The topological polar surface area (TPSA) is 35.2 Å². The zero-order valence-electron chi connectivity index (χ0n) is 6.29. The Labute approximate surface area is 66.0 Å². The minimum absolute atomic E-state index is 0.208. The summed E-state index contributed by atoms with van der Waals surface area (Å²) in [6.07, 6.45) is 0.782. The Morgan fingerprint density at radius 1 is 1.36 bits per heavy atom. The third-order valence-electron chi connectivity index (χ3n) is 2.03. The van der Waals surface area contributed by atoms with E-state index in [0.717, 1.165) is 18.6 Å². The third kappa shape index (κ3) is 1.15. The summed E-state index contributed by atoms with van der Waals surface area (Å²) < 4.78 is 5.28. The first-order valence-corrected chi connectivity index (χ1v) is 3.83. The molecular formula is C9H11NO. The lowest BCUT2D eigenvalue weighted by Crippen LogP contribution is -2.22. The van der Waals surface area contributed by atoms with Gasteiger partial charge < -0.3 is 10.5 Å². The van der Waals surface area contributed by atoms with Gasteiger partial charge in [0.05, 0.1) is 6.61 Å². The first-order chi connectivity index (χ1) is 5.38. The normalized spacial score (nSPS) is 22.8. The highest BCUT2D eigenvalue weighted by atomic mass is 16.5. The van der Waals surface area contributed by atoms with Gasteiger partial charge in [0, 0.05) is 0 Å². The number of hydrogen-bond donors (Lipinski definition) is 1. The van der Waals surface area contributed by atoms with E-state index in [1.54, 1.807) is 0 Å². The molecule has 1 aromatic carbocycles. The average molecular weight is 149 g/mol. The second-order valence-electron chi connectivity index (χ2n) is 2.74. The maximum absolute atomic E-state index is 5.72. The molecule has 1 aliphatic rings. The van der Waals surface area contributed by atoms with Gasteiger partial charge in [-0.15, -0.1) is 0 Å². The molecule has 0 amide bonds. The molecule has 0 radical (unpaired) electrons. The summed E-state index contributed by atoms with van der Waals surface area (Å²) in [7, 11) is 0. The molecule has 0 aliphatic carbocycles. The highest BCUT2D eigenvalue weighted by Gasteiger charge is 2.15. The molecule has 1 atom stereocenters. The molecule has 58 valence electrons. The van der Waals surface area contributed by atoms with Crippen LogP contribution in [0.3, 0.4) is 0 Å². The summed E-state index contributed by atoms with van der Waals surface area (Å²) in [5.74, 6) is 0. The molecule has 2 rings (SSSR count). The molecule has 0 bridgehead atoms. The minimum Gasteiger partial charge on any atom is -0.359 e. The maximum atomic E-state index is 5.72. The van der Waals surface area contributed by atoms with Gasteiger partial charge in [0.15, 0.2) is 0 Å². The van der Waals surface area contributed by atoms with E-state index in [4.69, 9.17) is 10.5 Å². The zero-order valence-corrected chi connectivity index (χ0v) is 6.29. The first-order valence-electron chi connectivity index (χ1n) is 3.83. The van der Waals surface area contributed by atoms with Crippen LogP contribution in [-0.2, 0) is 11.2 Å². The smallest absolute Gasteiger partial charge is 0.132 e. The molecule has 0 saturated carbocycles. The highest BCUT2D eigenvalue weighted by molar-refractivity contribution is 5.30. The molecule has 11 heavy (non-hydrogen) atoms. The van der Waals surface area contributed by atoms with E-state index in [1.165, 1.54) is 5.56 Å². The van der Waals surface area contributed by atoms with Crippen molar-refractivity contribution >= 4 is 0 Å². The quantitative estimate of drug-likeness (QED) is 0.602. The fourth-order valence-corrected chi connectivity index (χ4v) is 1.43. The average Bonchev–Trinajstić information content (AvgIpc) is 2.06. The second kappa shape index (κ2) is 2.64. The SMILES string of the molecule is NC1OCCc2ccccc21. The molecule has 1 heterocycles. The molecular weight excluding hydrogens is 138 g/mol. The van der Waals surface area contributed by atoms with Crippen molar-refractivity contribution in [2.24, 2.45) is 5.73 Å². The Bertz CT molecular complexity index is 259. The maximum Gasteiger partial charge on any atom is 0.132 e. The first kappa shape index (κ1) is 6.83. The van der Waals surface area contributed by atoms with E-state index in [-0.39, 0.29) is 6.23 Å². The monoisotopic (exact) mass is 149 g/mol. The van der Waals surface area contributed by atoms with Gasteiger partial charge in [0.25, 0.3) is 0 Å². The van der Waals surface area contributed by atoms with Crippen molar-refractivity contribution in [1.29, 1.82) is 0 Å². The molecule has 0 saturated heterocycles. The zero-order chi connectivity index (χ0) is 7.68. The number of fused-ring (bicyclic) bond motifs is 1. The minimum atomic E-state index is -0.208. The summed E-state index contributed by atoms with van der Waals surface area (Å²) >= 11 is 0. The van der Waals surface area contributed by atoms with Crippen LogP contribution in [-0.4, -0.2) is 6.61 Å².